The lowest BCUT2D eigenvalue weighted by Crippen LogP contribution is -2.28. The van der Waals surface area contributed by atoms with E-state index in [-0.39, 0.29) is 6.03 Å². The van der Waals surface area contributed by atoms with Gasteiger partial charge in [0.1, 0.15) is 5.01 Å². The Balaban J connectivity index is 1.23. The third-order valence-electron chi connectivity index (χ3n) is 5.74. The smallest absolute Gasteiger partial charge is 0.324 e. The number of carbonyl (C=O) groups excluding carboxylic acids is 1. The Morgan fingerprint density at radius 2 is 2.19 bits per heavy atom. The van der Waals surface area contributed by atoms with E-state index in [1.54, 1.807) is 4.90 Å². The Hall–Kier alpha value is -1.93. The molecule has 2 amide bonds. The molecule has 1 aliphatic carbocycles. The van der Waals surface area contributed by atoms with Crippen LogP contribution in [0.5, 0.6) is 0 Å². The van der Waals surface area contributed by atoms with Crippen LogP contribution in [0.3, 0.4) is 0 Å². The number of amides is 2. The minimum absolute atomic E-state index is 0.0643. The molecule has 0 bridgehead atoms. The first-order valence-corrected chi connectivity index (χ1v) is 10.3. The van der Waals surface area contributed by atoms with E-state index in [1.807, 2.05) is 40.4 Å². The molecule has 138 valence electrons. The minimum atomic E-state index is 0.0643. The molecule has 0 N–H and O–H groups in total. The van der Waals surface area contributed by atoms with E-state index in [1.165, 1.54) is 28.4 Å². The van der Waals surface area contributed by atoms with Crippen LogP contribution in [0.4, 0.5) is 10.5 Å². The van der Waals surface area contributed by atoms with Crippen LogP contribution in [0, 0.1) is 0 Å². The highest BCUT2D eigenvalue weighted by molar-refractivity contribution is 7.11. The summed E-state index contributed by atoms with van der Waals surface area (Å²) < 4.78 is 2.04. The largest absolute Gasteiger partial charge is 0.326 e. The van der Waals surface area contributed by atoms with Gasteiger partial charge in [0.05, 0.1) is 30.2 Å². The van der Waals surface area contributed by atoms with Crippen molar-refractivity contribution in [2.45, 2.75) is 38.3 Å². The van der Waals surface area contributed by atoms with Gasteiger partial charge in [0.25, 0.3) is 0 Å². The number of hydrogen-bond donors (Lipinski definition) is 0. The van der Waals surface area contributed by atoms with Crippen LogP contribution in [0.25, 0.3) is 0 Å². The van der Waals surface area contributed by atoms with Gasteiger partial charge in [0.15, 0.2) is 0 Å². The molecule has 5 rings (SSSR count). The second-order valence-electron chi connectivity index (χ2n) is 7.54. The van der Waals surface area contributed by atoms with Crippen molar-refractivity contribution in [3.63, 3.8) is 0 Å². The summed E-state index contributed by atoms with van der Waals surface area (Å²) in [5, 5.41) is 5.81. The lowest BCUT2D eigenvalue weighted by atomic mass is 10.3. The van der Waals surface area contributed by atoms with Crippen molar-refractivity contribution in [3.8, 4) is 0 Å². The van der Waals surface area contributed by atoms with Gasteiger partial charge in [-0.3, -0.25) is 14.5 Å². The maximum Gasteiger partial charge on any atom is 0.324 e. The van der Waals surface area contributed by atoms with Crippen LogP contribution in [0.1, 0.15) is 34.5 Å². The van der Waals surface area contributed by atoms with Crippen LogP contribution in [0.2, 0.25) is 0 Å². The van der Waals surface area contributed by atoms with Crippen molar-refractivity contribution in [3.05, 3.63) is 28.0 Å². The predicted octanol–water partition coefficient (Wildman–Crippen LogP) is 2.15. The molecule has 4 heterocycles. The molecule has 0 saturated carbocycles. The number of aromatic nitrogens is 3. The molecule has 2 saturated heterocycles. The summed E-state index contributed by atoms with van der Waals surface area (Å²) >= 11 is 1.90. The molecule has 2 aromatic heterocycles. The van der Waals surface area contributed by atoms with E-state index in [9.17, 15) is 4.79 Å². The van der Waals surface area contributed by atoms with Gasteiger partial charge in [0, 0.05) is 44.3 Å². The van der Waals surface area contributed by atoms with Crippen molar-refractivity contribution >= 4 is 23.1 Å². The molecule has 7 nitrogen and oxygen atoms in total. The third kappa shape index (κ3) is 2.81. The van der Waals surface area contributed by atoms with Gasteiger partial charge in [-0.05, 0) is 25.7 Å². The van der Waals surface area contributed by atoms with Crippen molar-refractivity contribution in [1.29, 1.82) is 0 Å². The highest BCUT2D eigenvalue weighted by Crippen LogP contribution is 2.30. The monoisotopic (exact) mass is 372 g/mol. The molecular formula is C18H24N6OS. The Morgan fingerprint density at radius 1 is 1.27 bits per heavy atom. The molecule has 26 heavy (non-hydrogen) atoms. The summed E-state index contributed by atoms with van der Waals surface area (Å²) in [6.45, 7) is 4.55. The summed E-state index contributed by atoms with van der Waals surface area (Å²) in [6, 6.07) is 0.445. The van der Waals surface area contributed by atoms with Gasteiger partial charge >= 0.3 is 6.03 Å². The highest BCUT2D eigenvalue weighted by atomic mass is 32.1. The van der Waals surface area contributed by atoms with Crippen LogP contribution in [0.15, 0.2) is 12.4 Å². The maximum absolute atomic E-state index is 12.2. The number of urea groups is 1. The number of likely N-dealkylation sites (tertiary alicyclic amines) is 1. The average molecular weight is 372 g/mol. The first-order chi connectivity index (χ1) is 12.7. The number of nitrogens with zero attached hydrogens (tertiary/aromatic N) is 6. The summed E-state index contributed by atoms with van der Waals surface area (Å²) in [5.74, 6) is 0. The normalized spacial score (nSPS) is 23.4. The summed E-state index contributed by atoms with van der Waals surface area (Å²) in [4.78, 5) is 24.5. The van der Waals surface area contributed by atoms with Crippen molar-refractivity contribution in [2.75, 3.05) is 38.1 Å². The van der Waals surface area contributed by atoms with E-state index >= 15 is 0 Å². The van der Waals surface area contributed by atoms with Crippen molar-refractivity contribution < 1.29 is 4.79 Å². The zero-order chi connectivity index (χ0) is 17.7. The average Bonchev–Trinajstić information content (AvgIpc) is 3.39. The summed E-state index contributed by atoms with van der Waals surface area (Å²) in [5.41, 5.74) is 2.26. The van der Waals surface area contributed by atoms with E-state index in [4.69, 9.17) is 4.98 Å². The van der Waals surface area contributed by atoms with E-state index < -0.39 is 0 Å². The lowest BCUT2D eigenvalue weighted by molar-refractivity contribution is 0.229. The van der Waals surface area contributed by atoms with Gasteiger partial charge in [0.2, 0.25) is 0 Å². The van der Waals surface area contributed by atoms with Crippen LogP contribution in [-0.4, -0.2) is 63.8 Å². The Bertz CT molecular complexity index is 808. The summed E-state index contributed by atoms with van der Waals surface area (Å²) in [7, 11) is 1.84. The number of likely N-dealkylation sites (N-methyl/N-ethyl adjacent to an activating group) is 1. The van der Waals surface area contributed by atoms with Gasteiger partial charge in [-0.2, -0.15) is 5.10 Å². The van der Waals surface area contributed by atoms with Gasteiger partial charge in [-0.25, -0.2) is 9.78 Å². The molecule has 0 spiro atoms. The number of anilines is 1. The fourth-order valence-electron chi connectivity index (χ4n) is 4.23. The first kappa shape index (κ1) is 16.3. The second kappa shape index (κ2) is 6.35. The van der Waals surface area contributed by atoms with E-state index in [2.05, 4.69) is 10.00 Å². The number of hydrogen-bond acceptors (Lipinski definition) is 5. The fourth-order valence-corrected chi connectivity index (χ4v) is 5.43. The molecule has 2 aliphatic heterocycles. The third-order valence-corrected chi connectivity index (χ3v) is 6.88. The first-order valence-electron chi connectivity index (χ1n) is 9.44. The van der Waals surface area contributed by atoms with Crippen LogP contribution < -0.4 is 4.90 Å². The quantitative estimate of drug-likeness (QED) is 0.825. The van der Waals surface area contributed by atoms with Gasteiger partial charge < -0.3 is 4.90 Å². The topological polar surface area (TPSA) is 57.5 Å². The fraction of sp³-hybridized carbons (Fsp3) is 0.611. The molecule has 2 fully saturated rings. The van der Waals surface area contributed by atoms with Crippen LogP contribution >= 0.6 is 11.3 Å². The number of aryl methyl sites for hydroxylation is 2. The van der Waals surface area contributed by atoms with Crippen molar-refractivity contribution in [2.24, 2.45) is 0 Å². The Morgan fingerprint density at radius 3 is 3.00 bits per heavy atom. The number of thiazole rings is 1. The standard InChI is InChI=1S/C18H24N6OS/c1-21-7-8-23(18(21)25)14-9-19-24(11-14)13-5-6-22(10-13)12-17-20-15-3-2-4-16(15)26-17/h9,11,13H,2-8,10,12H2,1H3. The van der Waals surface area contributed by atoms with Crippen LogP contribution in [-0.2, 0) is 19.4 Å². The molecule has 8 heteroatoms. The number of rotatable bonds is 4. The van der Waals surface area contributed by atoms with E-state index in [0.717, 1.165) is 51.3 Å². The predicted molar refractivity (Wildman–Crippen MR) is 101 cm³/mol. The number of fused-ring (bicyclic) bond motifs is 1. The number of carbonyl (C=O) groups is 1. The second-order valence-corrected chi connectivity index (χ2v) is 8.71. The molecule has 0 aromatic carbocycles. The van der Waals surface area contributed by atoms with E-state index in [0.29, 0.717) is 6.04 Å². The van der Waals surface area contributed by atoms with Crippen molar-refractivity contribution in [1.82, 2.24) is 24.6 Å². The Kier molecular flexibility index (Phi) is 3.97. The lowest BCUT2D eigenvalue weighted by Gasteiger charge is -2.15. The Labute approximate surface area is 157 Å². The zero-order valence-electron chi connectivity index (χ0n) is 15.1. The molecule has 2 aromatic rings. The molecule has 1 unspecified atom stereocenters. The molecule has 1 atom stereocenters. The molecular weight excluding hydrogens is 348 g/mol. The zero-order valence-corrected chi connectivity index (χ0v) is 15.9. The highest BCUT2D eigenvalue weighted by Gasteiger charge is 2.30. The molecule has 0 radical (unpaired) electrons. The molecule has 3 aliphatic rings. The maximum atomic E-state index is 12.2. The minimum Gasteiger partial charge on any atom is -0.326 e. The van der Waals surface area contributed by atoms with Gasteiger partial charge in [-0.1, -0.05) is 0 Å². The summed E-state index contributed by atoms with van der Waals surface area (Å²) in [6.07, 6.45) is 8.61. The SMILES string of the molecule is CN1CCN(c2cnn(C3CCN(Cc4nc5c(s4)CCC5)C3)c2)C1=O. The van der Waals surface area contributed by atoms with Gasteiger partial charge in [-0.15, -0.1) is 11.3 Å².